The highest BCUT2D eigenvalue weighted by Gasteiger charge is 2.27. The lowest BCUT2D eigenvalue weighted by molar-refractivity contribution is 0.0126. The van der Waals surface area contributed by atoms with Crippen molar-refractivity contribution in [2.24, 2.45) is 0 Å². The van der Waals surface area contributed by atoms with Gasteiger partial charge in [0.15, 0.2) is 17.6 Å². The molecule has 0 bridgehead atoms. The van der Waals surface area contributed by atoms with Gasteiger partial charge in [-0.15, -0.1) is 0 Å². The summed E-state index contributed by atoms with van der Waals surface area (Å²) in [5.41, 5.74) is 0.0483. The van der Waals surface area contributed by atoms with Crippen LogP contribution in [0.25, 0.3) is 10.9 Å². The molecule has 0 saturated carbocycles. The summed E-state index contributed by atoms with van der Waals surface area (Å²) >= 11 is 3.40. The topological polar surface area (TPSA) is 86.9 Å². The van der Waals surface area contributed by atoms with Crippen LogP contribution in [0.15, 0.2) is 21.5 Å². The van der Waals surface area contributed by atoms with Crippen molar-refractivity contribution in [2.45, 2.75) is 20.0 Å². The third-order valence-electron chi connectivity index (χ3n) is 3.74. The van der Waals surface area contributed by atoms with Gasteiger partial charge in [-0.3, -0.25) is 4.79 Å². The number of benzene rings is 1. The predicted molar refractivity (Wildman–Crippen MR) is 94.6 cm³/mol. The Morgan fingerprint density at radius 1 is 1.40 bits per heavy atom. The van der Waals surface area contributed by atoms with Crippen LogP contribution in [0.4, 0.5) is 0 Å². The number of aromatic amines is 1. The van der Waals surface area contributed by atoms with Crippen molar-refractivity contribution in [3.8, 4) is 11.5 Å². The molecule has 1 aliphatic heterocycles. The van der Waals surface area contributed by atoms with Gasteiger partial charge >= 0.3 is 5.97 Å². The molecule has 2 heterocycles. The number of carbonyl (C=O) groups excluding carboxylic acids is 1. The van der Waals surface area contributed by atoms with E-state index >= 15 is 0 Å². The minimum atomic E-state index is -0.663. The second-order valence-corrected chi connectivity index (χ2v) is 6.20. The average Bonchev–Trinajstić information content (AvgIpc) is 2.60. The summed E-state index contributed by atoms with van der Waals surface area (Å²) in [6, 6.07) is 1.68. The first kappa shape index (κ1) is 17.8. The Morgan fingerprint density at radius 3 is 2.92 bits per heavy atom. The van der Waals surface area contributed by atoms with Crippen molar-refractivity contribution >= 4 is 32.8 Å². The summed E-state index contributed by atoms with van der Waals surface area (Å²) in [7, 11) is 0. The number of hydrogen-bond donors (Lipinski definition) is 1. The van der Waals surface area contributed by atoms with Crippen LogP contribution in [0.5, 0.6) is 11.5 Å². The van der Waals surface area contributed by atoms with Gasteiger partial charge in [-0.25, -0.2) is 4.79 Å². The van der Waals surface area contributed by atoms with Crippen LogP contribution < -0.4 is 14.9 Å². The monoisotopic (exact) mass is 411 g/mol. The first-order valence-corrected chi connectivity index (χ1v) is 8.78. The zero-order valence-electron chi connectivity index (χ0n) is 13.9. The van der Waals surface area contributed by atoms with E-state index in [1.54, 1.807) is 13.0 Å². The number of rotatable bonds is 5. The van der Waals surface area contributed by atoms with E-state index in [4.69, 9.17) is 18.9 Å². The van der Waals surface area contributed by atoms with Gasteiger partial charge in [-0.05, 0) is 29.8 Å². The van der Waals surface area contributed by atoms with Crippen molar-refractivity contribution in [2.75, 3.05) is 26.4 Å². The second kappa shape index (κ2) is 7.45. The molecule has 2 aromatic rings. The number of pyridine rings is 1. The molecule has 3 rings (SSSR count). The molecule has 25 heavy (non-hydrogen) atoms. The van der Waals surface area contributed by atoms with E-state index in [1.165, 1.54) is 6.20 Å². The van der Waals surface area contributed by atoms with Crippen LogP contribution in [-0.4, -0.2) is 43.5 Å². The summed E-state index contributed by atoms with van der Waals surface area (Å²) in [4.78, 5) is 27.6. The van der Waals surface area contributed by atoms with Gasteiger partial charge in [0, 0.05) is 18.9 Å². The fraction of sp³-hybridized carbons (Fsp3) is 0.412. The molecule has 8 heteroatoms. The summed E-state index contributed by atoms with van der Waals surface area (Å²) in [5, 5.41) is 0.316. The largest absolute Gasteiger partial charge is 0.485 e. The average molecular weight is 412 g/mol. The van der Waals surface area contributed by atoms with E-state index in [1.807, 2.05) is 6.92 Å². The van der Waals surface area contributed by atoms with Gasteiger partial charge < -0.3 is 23.9 Å². The molecule has 0 aliphatic carbocycles. The molecule has 1 aromatic carbocycles. The van der Waals surface area contributed by atoms with E-state index in [0.717, 1.165) is 0 Å². The molecule has 7 nitrogen and oxygen atoms in total. The molecule has 134 valence electrons. The van der Waals surface area contributed by atoms with Crippen LogP contribution in [0.3, 0.4) is 0 Å². The fourth-order valence-electron chi connectivity index (χ4n) is 2.60. The molecule has 1 aromatic heterocycles. The summed E-state index contributed by atoms with van der Waals surface area (Å²) < 4.78 is 22.4. The van der Waals surface area contributed by atoms with Crippen LogP contribution in [-0.2, 0) is 9.47 Å². The molecule has 1 N–H and O–H groups in total. The van der Waals surface area contributed by atoms with Crippen LogP contribution in [0.1, 0.15) is 24.2 Å². The number of H-pyrrole nitrogens is 1. The Labute approximate surface area is 152 Å². The number of carbonyl (C=O) groups is 1. The normalized spacial score (nSPS) is 16.0. The highest BCUT2D eigenvalue weighted by molar-refractivity contribution is 9.10. The quantitative estimate of drug-likeness (QED) is 0.760. The maximum atomic E-state index is 12.7. The lowest BCUT2D eigenvalue weighted by atomic mass is 10.1. The van der Waals surface area contributed by atoms with Crippen molar-refractivity contribution in [1.82, 2.24) is 4.98 Å². The zero-order valence-corrected chi connectivity index (χ0v) is 15.5. The Bertz CT molecular complexity index is 862. The molecule has 0 fully saturated rings. The number of halogens is 1. The summed E-state index contributed by atoms with van der Waals surface area (Å²) in [6.45, 7) is 5.12. The van der Waals surface area contributed by atoms with Crippen molar-refractivity contribution in [3.63, 3.8) is 0 Å². The van der Waals surface area contributed by atoms with E-state index in [0.29, 0.717) is 46.7 Å². The van der Waals surface area contributed by atoms with Gasteiger partial charge in [-0.1, -0.05) is 0 Å². The number of esters is 1. The van der Waals surface area contributed by atoms with E-state index in [2.05, 4.69) is 20.9 Å². The fourth-order valence-corrected chi connectivity index (χ4v) is 3.30. The predicted octanol–water partition coefficient (Wildman–Crippen LogP) is 2.64. The van der Waals surface area contributed by atoms with Crippen molar-refractivity contribution < 1.29 is 23.7 Å². The molecular formula is C17H18BrNO6. The van der Waals surface area contributed by atoms with E-state index < -0.39 is 11.4 Å². The smallest absolute Gasteiger partial charge is 0.343 e. The number of ether oxygens (including phenoxy) is 4. The van der Waals surface area contributed by atoms with Crippen LogP contribution in [0, 0.1) is 0 Å². The maximum Gasteiger partial charge on any atom is 0.343 e. The molecule has 0 amide bonds. The highest BCUT2D eigenvalue weighted by atomic mass is 79.9. The zero-order chi connectivity index (χ0) is 18.0. The first-order chi connectivity index (χ1) is 12.1. The second-order valence-electron chi connectivity index (χ2n) is 5.40. The Hall–Kier alpha value is -2.06. The molecule has 1 aliphatic rings. The van der Waals surface area contributed by atoms with Crippen molar-refractivity contribution in [3.05, 3.63) is 32.5 Å². The lowest BCUT2D eigenvalue weighted by Crippen LogP contribution is -2.33. The number of hydrogen-bond acceptors (Lipinski definition) is 6. The number of fused-ring (bicyclic) bond motifs is 2. The SMILES string of the molecule is CCOCC1COc2c(cc3[nH]cc(C(=O)OCC)c(=O)c3c2Br)O1. The maximum absolute atomic E-state index is 12.7. The van der Waals surface area contributed by atoms with E-state index in [9.17, 15) is 9.59 Å². The number of nitrogens with one attached hydrogen (secondary N) is 1. The molecule has 1 unspecified atom stereocenters. The third-order valence-corrected chi connectivity index (χ3v) is 4.50. The Kier molecular flexibility index (Phi) is 5.29. The highest BCUT2D eigenvalue weighted by Crippen LogP contribution is 2.42. The minimum Gasteiger partial charge on any atom is -0.485 e. The Balaban J connectivity index is 2.04. The van der Waals surface area contributed by atoms with Gasteiger partial charge in [0.2, 0.25) is 5.43 Å². The number of aromatic nitrogens is 1. The van der Waals surface area contributed by atoms with Crippen LogP contribution in [0.2, 0.25) is 0 Å². The van der Waals surface area contributed by atoms with Gasteiger partial charge in [0.1, 0.15) is 12.2 Å². The minimum absolute atomic E-state index is 0.0547. The standard InChI is InChI=1S/C17H18BrNO6/c1-3-22-7-9-8-24-16-12(25-9)5-11-13(14(16)18)15(20)10(6-19-11)17(21)23-4-2/h5-6,9H,3-4,7-8H2,1-2H3,(H,19,20). The lowest BCUT2D eigenvalue weighted by Gasteiger charge is -2.27. The van der Waals surface area contributed by atoms with E-state index in [-0.39, 0.29) is 18.3 Å². The molecular weight excluding hydrogens is 394 g/mol. The van der Waals surface area contributed by atoms with Gasteiger partial charge in [0.05, 0.1) is 28.6 Å². The molecule has 0 radical (unpaired) electrons. The van der Waals surface area contributed by atoms with Gasteiger partial charge in [-0.2, -0.15) is 0 Å². The molecule has 0 saturated heterocycles. The third kappa shape index (κ3) is 3.36. The summed E-state index contributed by atoms with van der Waals surface area (Å²) in [5.74, 6) is 0.283. The van der Waals surface area contributed by atoms with Crippen LogP contribution >= 0.6 is 15.9 Å². The first-order valence-electron chi connectivity index (χ1n) is 7.99. The Morgan fingerprint density at radius 2 is 2.20 bits per heavy atom. The van der Waals surface area contributed by atoms with Gasteiger partial charge in [0.25, 0.3) is 0 Å². The molecule has 1 atom stereocenters. The van der Waals surface area contributed by atoms with Crippen molar-refractivity contribution in [1.29, 1.82) is 0 Å². The summed E-state index contributed by atoms with van der Waals surface area (Å²) in [6.07, 6.45) is 1.13. The molecule has 0 spiro atoms.